The number of unbranched alkanes of at least 4 members (excludes halogenated alkanes) is 19. The number of rotatable bonds is 54. The molecule has 0 aromatic heterocycles. The van der Waals surface area contributed by atoms with E-state index in [1.807, 2.05) is 27.2 Å². The van der Waals surface area contributed by atoms with Crippen molar-refractivity contribution in [3.8, 4) is 0 Å². The molecule has 0 rings (SSSR count). The van der Waals surface area contributed by atoms with E-state index in [-0.39, 0.29) is 25.5 Å². The van der Waals surface area contributed by atoms with Crippen molar-refractivity contribution in [3.63, 3.8) is 0 Å². The molecule has 0 radical (unpaired) electrons. The molecule has 9 heteroatoms. The summed E-state index contributed by atoms with van der Waals surface area (Å²) >= 11 is 0. The molecule has 1 amide bonds. The van der Waals surface area contributed by atoms with E-state index in [1.165, 1.54) is 103 Å². The Kier molecular flexibility index (Phi) is 54.4. The van der Waals surface area contributed by atoms with Gasteiger partial charge >= 0.3 is 7.82 Å². The highest BCUT2D eigenvalue weighted by Crippen LogP contribution is 2.43. The Morgan fingerprint density at radius 1 is 0.455 bits per heavy atom. The fourth-order valence-electron chi connectivity index (χ4n) is 8.03. The number of aliphatic hydroxyl groups is 1. The number of nitrogens with zero attached hydrogens (tertiary/aromatic N) is 1. The van der Waals surface area contributed by atoms with Crippen LogP contribution in [0, 0.1) is 0 Å². The Hall–Kier alpha value is -3.62. The molecule has 0 bridgehead atoms. The molecule has 3 atom stereocenters. The number of allylic oxidation sites excluding steroid dienone is 23. The molecule has 0 aromatic carbocycles. The highest BCUT2D eigenvalue weighted by atomic mass is 31.2. The van der Waals surface area contributed by atoms with Gasteiger partial charge in [-0.05, 0) is 109 Å². The number of carbonyl (C=O) groups is 1. The van der Waals surface area contributed by atoms with Crippen LogP contribution in [-0.2, 0) is 18.4 Å². The lowest BCUT2D eigenvalue weighted by Gasteiger charge is -2.25. The van der Waals surface area contributed by atoms with Crippen LogP contribution in [0.15, 0.2) is 146 Å². The summed E-state index contributed by atoms with van der Waals surface area (Å²) < 4.78 is 23.7. The summed E-state index contributed by atoms with van der Waals surface area (Å²) in [5.41, 5.74) is 0. The first-order valence-electron chi connectivity index (χ1n) is 30.7. The Morgan fingerprint density at radius 3 is 1.19 bits per heavy atom. The standard InChI is InChI=1S/C68H115N2O6P/c1-6-8-10-12-14-16-18-20-22-24-26-28-30-31-32-33-34-35-36-37-38-39-40-42-44-46-48-50-52-54-56-58-60-62-68(72)69-66(65-76-77(73,74)75-64-63-70(3,4)5)67(71)61-59-57-55-53-51-49-47-45-43-41-29-27-25-23-21-19-17-15-13-11-9-7-2/h8,10,14,16,20,22,26,28,31-32,34-35,37-38,40,42,46,48,51-54,59,61,66-67,71H,6-7,9,11-13,15,17-19,21,23-25,27,29-30,33,36,39,41,43-45,47,49-50,55-58,60,62-65H2,1-5H3,(H-,69,72,73,74)/p+1/b10-8-,16-14-,22-20-,28-26-,32-31-,35-34-,38-37-,42-40-,48-46-,53-51+,54-52-,61-59+. The summed E-state index contributed by atoms with van der Waals surface area (Å²) in [6.45, 7) is 4.64. The molecule has 0 aliphatic heterocycles. The number of hydrogen-bond donors (Lipinski definition) is 3. The van der Waals surface area contributed by atoms with Gasteiger partial charge in [0.1, 0.15) is 13.2 Å². The largest absolute Gasteiger partial charge is 0.472 e. The van der Waals surface area contributed by atoms with Crippen LogP contribution in [0.5, 0.6) is 0 Å². The molecule has 8 nitrogen and oxygen atoms in total. The van der Waals surface area contributed by atoms with Crippen LogP contribution in [0.2, 0.25) is 0 Å². The first-order valence-corrected chi connectivity index (χ1v) is 32.2. The number of amides is 1. The maximum Gasteiger partial charge on any atom is 0.472 e. The Morgan fingerprint density at radius 2 is 0.792 bits per heavy atom. The number of phosphoric ester groups is 1. The summed E-state index contributed by atoms with van der Waals surface area (Å²) in [5, 5.41) is 13.9. The zero-order valence-electron chi connectivity index (χ0n) is 49.9. The molecule has 0 fully saturated rings. The predicted octanol–water partition coefficient (Wildman–Crippen LogP) is 19.3. The monoisotopic (exact) mass is 1090 g/mol. The number of quaternary nitrogens is 1. The maximum absolute atomic E-state index is 13.0. The molecular formula is C68H116N2O6P+. The molecule has 0 aliphatic rings. The van der Waals surface area contributed by atoms with Gasteiger partial charge in [-0.15, -0.1) is 0 Å². The molecule has 438 valence electrons. The molecular weight excluding hydrogens is 972 g/mol. The third kappa shape index (κ3) is 59.9. The van der Waals surface area contributed by atoms with Crippen molar-refractivity contribution in [2.45, 2.75) is 238 Å². The Bertz CT molecular complexity index is 1760. The predicted molar refractivity (Wildman–Crippen MR) is 336 cm³/mol. The third-order valence-corrected chi connectivity index (χ3v) is 13.8. The van der Waals surface area contributed by atoms with Crippen molar-refractivity contribution in [2.24, 2.45) is 0 Å². The molecule has 0 aliphatic carbocycles. The molecule has 3 unspecified atom stereocenters. The quantitative estimate of drug-likeness (QED) is 0.0243. The number of phosphoric acid groups is 1. The average molecular weight is 1090 g/mol. The van der Waals surface area contributed by atoms with Crippen molar-refractivity contribution in [2.75, 3.05) is 40.9 Å². The normalized spacial score (nSPS) is 14.8. The number of nitrogens with one attached hydrogen (secondary N) is 1. The van der Waals surface area contributed by atoms with E-state index >= 15 is 0 Å². The minimum absolute atomic E-state index is 0.0393. The van der Waals surface area contributed by atoms with E-state index in [1.54, 1.807) is 6.08 Å². The fraction of sp³-hybridized carbons (Fsp3) is 0.632. The second-order valence-electron chi connectivity index (χ2n) is 21.3. The third-order valence-electron chi connectivity index (χ3n) is 12.8. The van der Waals surface area contributed by atoms with E-state index in [0.717, 1.165) is 96.3 Å². The first-order chi connectivity index (χ1) is 37.5. The van der Waals surface area contributed by atoms with E-state index in [4.69, 9.17) is 9.05 Å². The lowest BCUT2D eigenvalue weighted by Crippen LogP contribution is -2.45. The molecule has 0 spiro atoms. The number of aliphatic hydroxyl groups excluding tert-OH is 1. The number of hydrogen-bond acceptors (Lipinski definition) is 5. The van der Waals surface area contributed by atoms with Crippen LogP contribution in [0.3, 0.4) is 0 Å². The van der Waals surface area contributed by atoms with Gasteiger partial charge in [0.05, 0.1) is 39.9 Å². The van der Waals surface area contributed by atoms with Crippen molar-refractivity contribution in [3.05, 3.63) is 146 Å². The van der Waals surface area contributed by atoms with Crippen LogP contribution in [0.1, 0.15) is 226 Å². The molecule has 0 heterocycles. The van der Waals surface area contributed by atoms with Crippen LogP contribution >= 0.6 is 7.82 Å². The summed E-state index contributed by atoms with van der Waals surface area (Å²) in [6, 6.07) is -0.899. The van der Waals surface area contributed by atoms with Gasteiger partial charge in [-0.1, -0.05) is 256 Å². The van der Waals surface area contributed by atoms with Crippen LogP contribution < -0.4 is 5.32 Å². The van der Waals surface area contributed by atoms with E-state index in [2.05, 4.69) is 153 Å². The van der Waals surface area contributed by atoms with E-state index in [0.29, 0.717) is 17.4 Å². The second-order valence-corrected chi connectivity index (χ2v) is 22.8. The second kappa shape index (κ2) is 57.1. The number of likely N-dealkylation sites (N-methyl/N-ethyl adjacent to an activating group) is 1. The van der Waals surface area contributed by atoms with E-state index in [9.17, 15) is 19.4 Å². The van der Waals surface area contributed by atoms with Gasteiger partial charge < -0.3 is 19.8 Å². The number of carbonyl (C=O) groups excluding carboxylic acids is 1. The fourth-order valence-corrected chi connectivity index (χ4v) is 8.76. The minimum Gasteiger partial charge on any atom is -0.387 e. The average Bonchev–Trinajstić information content (AvgIpc) is 3.39. The van der Waals surface area contributed by atoms with Gasteiger partial charge in [0.2, 0.25) is 5.91 Å². The maximum atomic E-state index is 13.0. The van der Waals surface area contributed by atoms with E-state index < -0.39 is 20.0 Å². The van der Waals surface area contributed by atoms with Crippen LogP contribution in [0.25, 0.3) is 0 Å². The van der Waals surface area contributed by atoms with Gasteiger partial charge in [-0.2, -0.15) is 0 Å². The topological polar surface area (TPSA) is 105 Å². The minimum atomic E-state index is -4.38. The molecule has 3 N–H and O–H groups in total. The highest BCUT2D eigenvalue weighted by molar-refractivity contribution is 7.47. The van der Waals surface area contributed by atoms with Crippen molar-refractivity contribution in [1.29, 1.82) is 0 Å². The highest BCUT2D eigenvalue weighted by Gasteiger charge is 2.27. The summed E-state index contributed by atoms with van der Waals surface area (Å²) in [5.74, 6) is -0.234. The van der Waals surface area contributed by atoms with Gasteiger partial charge in [-0.3, -0.25) is 13.8 Å². The summed E-state index contributed by atoms with van der Waals surface area (Å²) in [7, 11) is 1.50. The van der Waals surface area contributed by atoms with Crippen molar-refractivity contribution in [1.82, 2.24) is 5.32 Å². The van der Waals surface area contributed by atoms with Gasteiger partial charge in [0.15, 0.2) is 0 Å². The summed E-state index contributed by atoms with van der Waals surface area (Å²) in [6.07, 6.45) is 88.2. The lowest BCUT2D eigenvalue weighted by molar-refractivity contribution is -0.870. The molecule has 0 aromatic rings. The SMILES string of the molecule is CC/C=C\C/C=C\C/C=C\C/C=C\C/C=C\C/C=C\C/C=C\C/C=C\C/C=C\C/C=C\CCCCC(=O)NC(COP(=O)(O)OCC[N+](C)(C)C)C(O)/C=C/CC/C=C/CCCCCCCCCCCCCCCCCC. The Balaban J connectivity index is 4.36. The van der Waals surface area contributed by atoms with Crippen molar-refractivity contribution >= 4 is 13.7 Å². The first kappa shape index (κ1) is 73.4. The Labute approximate surface area is 474 Å². The van der Waals surface area contributed by atoms with Crippen LogP contribution in [0.4, 0.5) is 0 Å². The van der Waals surface area contributed by atoms with Crippen molar-refractivity contribution < 1.29 is 32.9 Å². The molecule has 77 heavy (non-hydrogen) atoms. The molecule has 0 saturated heterocycles. The lowest BCUT2D eigenvalue weighted by atomic mass is 10.0. The molecule has 0 saturated carbocycles. The van der Waals surface area contributed by atoms with Crippen LogP contribution in [-0.4, -0.2) is 73.4 Å². The van der Waals surface area contributed by atoms with Gasteiger partial charge in [0, 0.05) is 6.42 Å². The zero-order chi connectivity index (χ0) is 56.3. The summed E-state index contributed by atoms with van der Waals surface area (Å²) in [4.78, 5) is 23.3. The zero-order valence-corrected chi connectivity index (χ0v) is 50.8. The van der Waals surface area contributed by atoms with Gasteiger partial charge in [-0.25, -0.2) is 4.57 Å². The smallest absolute Gasteiger partial charge is 0.387 e. The van der Waals surface area contributed by atoms with Gasteiger partial charge in [0.25, 0.3) is 0 Å².